The number of carboxylic acid groups (broad SMARTS) is 1. The molecule has 20 heavy (non-hydrogen) atoms. The highest BCUT2D eigenvalue weighted by Gasteiger charge is 2.33. The summed E-state index contributed by atoms with van der Waals surface area (Å²) in [5, 5.41) is 12.3. The summed E-state index contributed by atoms with van der Waals surface area (Å²) in [6.07, 6.45) is 5.20. The largest absolute Gasteiger partial charge is 0.481 e. The Morgan fingerprint density at radius 2 is 2.05 bits per heavy atom. The highest BCUT2D eigenvalue weighted by Crippen LogP contribution is 2.39. The lowest BCUT2D eigenvalue weighted by molar-refractivity contribution is -0.138. The van der Waals surface area contributed by atoms with Gasteiger partial charge in [-0.1, -0.05) is 6.42 Å². The smallest absolute Gasteiger partial charge is 0.312 e. The minimum absolute atomic E-state index is 0.409. The SMILES string of the molecule is CC1CCCC(C)N1Nc1nc2c(s1)CCC2C(=O)O. The fourth-order valence-electron chi connectivity index (χ4n) is 3.27. The molecule has 1 saturated heterocycles. The molecule has 1 aromatic rings. The third kappa shape index (κ3) is 2.42. The van der Waals surface area contributed by atoms with E-state index < -0.39 is 11.9 Å². The van der Waals surface area contributed by atoms with E-state index in [2.05, 4.69) is 29.3 Å². The molecule has 2 heterocycles. The summed E-state index contributed by atoms with van der Waals surface area (Å²) in [5.41, 5.74) is 4.20. The number of rotatable bonds is 3. The molecule has 1 aliphatic heterocycles. The number of thiazole rings is 1. The van der Waals surface area contributed by atoms with Crippen molar-refractivity contribution in [2.75, 3.05) is 5.43 Å². The van der Waals surface area contributed by atoms with Gasteiger partial charge in [-0.05, 0) is 39.5 Å². The molecule has 3 rings (SSSR count). The van der Waals surface area contributed by atoms with Crippen LogP contribution in [0.4, 0.5) is 5.13 Å². The van der Waals surface area contributed by atoms with Gasteiger partial charge in [-0.2, -0.15) is 0 Å². The summed E-state index contributed by atoms with van der Waals surface area (Å²) in [4.78, 5) is 16.9. The Labute approximate surface area is 123 Å². The van der Waals surface area contributed by atoms with Crippen LogP contribution in [0.2, 0.25) is 0 Å². The van der Waals surface area contributed by atoms with E-state index in [1.807, 2.05) is 0 Å². The van der Waals surface area contributed by atoms with Crippen molar-refractivity contribution in [1.82, 2.24) is 9.99 Å². The predicted octanol–water partition coefficient (Wildman–Crippen LogP) is 2.85. The maximum Gasteiger partial charge on any atom is 0.312 e. The molecule has 110 valence electrons. The lowest BCUT2D eigenvalue weighted by atomic mass is 10.00. The molecule has 6 heteroatoms. The van der Waals surface area contributed by atoms with Gasteiger partial charge in [-0.3, -0.25) is 10.2 Å². The molecule has 5 nitrogen and oxygen atoms in total. The zero-order valence-electron chi connectivity index (χ0n) is 11.9. The van der Waals surface area contributed by atoms with Gasteiger partial charge in [0.05, 0.1) is 5.69 Å². The van der Waals surface area contributed by atoms with Gasteiger partial charge in [0, 0.05) is 17.0 Å². The maximum absolute atomic E-state index is 11.2. The molecule has 0 aromatic carbocycles. The molecule has 1 aromatic heterocycles. The van der Waals surface area contributed by atoms with E-state index in [-0.39, 0.29) is 0 Å². The summed E-state index contributed by atoms with van der Waals surface area (Å²) in [7, 11) is 0. The maximum atomic E-state index is 11.2. The number of aromatic nitrogens is 1. The first-order valence-corrected chi connectivity index (χ1v) is 8.15. The second kappa shape index (κ2) is 5.33. The number of aryl methyl sites for hydroxylation is 1. The van der Waals surface area contributed by atoms with Crippen molar-refractivity contribution in [3.8, 4) is 0 Å². The highest BCUT2D eigenvalue weighted by molar-refractivity contribution is 7.15. The first-order valence-electron chi connectivity index (χ1n) is 7.33. The van der Waals surface area contributed by atoms with E-state index in [1.165, 1.54) is 19.3 Å². The van der Waals surface area contributed by atoms with Gasteiger partial charge in [-0.25, -0.2) is 9.99 Å². The first-order chi connectivity index (χ1) is 9.56. The Morgan fingerprint density at radius 3 is 2.70 bits per heavy atom. The lowest BCUT2D eigenvalue weighted by Crippen LogP contribution is -2.47. The second-order valence-corrected chi connectivity index (χ2v) is 6.99. The molecule has 2 aliphatic rings. The number of nitrogens with one attached hydrogen (secondary N) is 1. The van der Waals surface area contributed by atoms with Crippen LogP contribution in [0, 0.1) is 0 Å². The van der Waals surface area contributed by atoms with Crippen LogP contribution in [0.15, 0.2) is 0 Å². The average Bonchev–Trinajstić information content (AvgIpc) is 2.92. The van der Waals surface area contributed by atoms with Gasteiger partial charge in [-0.15, -0.1) is 11.3 Å². The number of hydrazine groups is 1. The number of hydrogen-bond acceptors (Lipinski definition) is 5. The normalized spacial score (nSPS) is 30.2. The number of anilines is 1. The highest BCUT2D eigenvalue weighted by atomic mass is 32.1. The summed E-state index contributed by atoms with van der Waals surface area (Å²) < 4.78 is 0. The van der Waals surface area contributed by atoms with Crippen molar-refractivity contribution in [3.05, 3.63) is 10.6 Å². The Balaban J connectivity index is 1.76. The van der Waals surface area contributed by atoms with Crippen molar-refractivity contribution >= 4 is 22.4 Å². The molecule has 0 amide bonds. The molecule has 0 radical (unpaired) electrons. The molecule has 0 spiro atoms. The zero-order chi connectivity index (χ0) is 14.3. The second-order valence-electron chi connectivity index (χ2n) is 5.90. The number of carbonyl (C=O) groups is 1. The summed E-state index contributed by atoms with van der Waals surface area (Å²) in [6.45, 7) is 4.45. The number of aliphatic carboxylic acids is 1. The summed E-state index contributed by atoms with van der Waals surface area (Å²) in [5.74, 6) is -1.16. The Kier molecular flexibility index (Phi) is 3.69. The van der Waals surface area contributed by atoms with E-state index in [1.54, 1.807) is 11.3 Å². The third-order valence-corrected chi connectivity index (χ3v) is 5.47. The lowest BCUT2D eigenvalue weighted by Gasteiger charge is -2.38. The number of carboxylic acids is 1. The molecule has 0 saturated carbocycles. The molecule has 1 aliphatic carbocycles. The van der Waals surface area contributed by atoms with Gasteiger partial charge >= 0.3 is 5.97 Å². The van der Waals surface area contributed by atoms with Crippen molar-refractivity contribution in [3.63, 3.8) is 0 Å². The zero-order valence-corrected chi connectivity index (χ0v) is 12.7. The third-order valence-electron chi connectivity index (χ3n) is 4.43. The number of hydrogen-bond donors (Lipinski definition) is 2. The standard InChI is InChI=1S/C14H21N3O2S/c1-8-4-3-5-9(2)17(8)16-14-15-12-10(13(18)19)6-7-11(12)20-14/h8-10H,3-7H2,1-2H3,(H,15,16)(H,18,19). The van der Waals surface area contributed by atoms with Crippen LogP contribution in [0.25, 0.3) is 0 Å². The van der Waals surface area contributed by atoms with Crippen molar-refractivity contribution in [2.24, 2.45) is 0 Å². The van der Waals surface area contributed by atoms with Gasteiger partial charge in [0.25, 0.3) is 0 Å². The van der Waals surface area contributed by atoms with Crippen LogP contribution >= 0.6 is 11.3 Å². The van der Waals surface area contributed by atoms with Crippen LogP contribution in [0.3, 0.4) is 0 Å². The molecule has 3 atom stereocenters. The van der Waals surface area contributed by atoms with Crippen molar-refractivity contribution in [2.45, 2.75) is 64.0 Å². The van der Waals surface area contributed by atoms with Gasteiger partial charge in [0.2, 0.25) is 0 Å². The van der Waals surface area contributed by atoms with Crippen LogP contribution < -0.4 is 5.43 Å². The van der Waals surface area contributed by atoms with Crippen LogP contribution in [-0.4, -0.2) is 33.2 Å². The van der Waals surface area contributed by atoms with Crippen molar-refractivity contribution in [1.29, 1.82) is 0 Å². The van der Waals surface area contributed by atoms with E-state index in [0.29, 0.717) is 18.5 Å². The molecule has 1 fully saturated rings. The Bertz CT molecular complexity index is 507. The van der Waals surface area contributed by atoms with Crippen LogP contribution in [0.5, 0.6) is 0 Å². The molecule has 3 unspecified atom stereocenters. The molecule has 2 N–H and O–H groups in total. The first kappa shape index (κ1) is 13.8. The van der Waals surface area contributed by atoms with Crippen LogP contribution in [-0.2, 0) is 11.2 Å². The monoisotopic (exact) mass is 295 g/mol. The molecule has 0 bridgehead atoms. The van der Waals surface area contributed by atoms with Gasteiger partial charge in [0.15, 0.2) is 5.13 Å². The minimum Gasteiger partial charge on any atom is -0.481 e. The van der Waals surface area contributed by atoms with E-state index in [4.69, 9.17) is 0 Å². The van der Waals surface area contributed by atoms with E-state index >= 15 is 0 Å². The predicted molar refractivity (Wildman–Crippen MR) is 79.0 cm³/mol. The Morgan fingerprint density at radius 1 is 1.35 bits per heavy atom. The fourth-order valence-corrected chi connectivity index (χ4v) is 4.31. The molecular formula is C14H21N3O2S. The van der Waals surface area contributed by atoms with Crippen molar-refractivity contribution < 1.29 is 9.90 Å². The van der Waals surface area contributed by atoms with Gasteiger partial charge in [0.1, 0.15) is 5.92 Å². The number of piperidine rings is 1. The van der Waals surface area contributed by atoms with Gasteiger partial charge < -0.3 is 5.11 Å². The van der Waals surface area contributed by atoms with E-state index in [9.17, 15) is 9.90 Å². The topological polar surface area (TPSA) is 65.5 Å². The Hall–Kier alpha value is -1.14. The summed E-state index contributed by atoms with van der Waals surface area (Å²) in [6, 6.07) is 0.987. The minimum atomic E-state index is -0.750. The average molecular weight is 295 g/mol. The molecular weight excluding hydrogens is 274 g/mol. The fraction of sp³-hybridized carbons (Fsp3) is 0.714. The number of nitrogens with zero attached hydrogens (tertiary/aromatic N) is 2. The van der Waals surface area contributed by atoms with Crippen LogP contribution in [0.1, 0.15) is 56.0 Å². The number of fused-ring (bicyclic) bond motifs is 1. The quantitative estimate of drug-likeness (QED) is 0.897. The summed E-state index contributed by atoms with van der Waals surface area (Å²) >= 11 is 1.61. The van der Waals surface area contributed by atoms with E-state index in [0.717, 1.165) is 22.1 Å².